The molecule has 10 nitrogen and oxygen atoms in total. The minimum absolute atomic E-state index is 0.0234. The van der Waals surface area contributed by atoms with Crippen molar-refractivity contribution in [2.45, 2.75) is 52.6 Å². The summed E-state index contributed by atoms with van der Waals surface area (Å²) in [6.45, 7) is 11.3. The third-order valence-corrected chi connectivity index (χ3v) is 4.69. The highest BCUT2D eigenvalue weighted by Crippen LogP contribution is 2.31. The van der Waals surface area contributed by atoms with Gasteiger partial charge in [0.25, 0.3) is 6.08 Å². The molecule has 4 heterocycles. The first kappa shape index (κ1) is 19.8. The zero-order chi connectivity index (χ0) is 22.2. The van der Waals surface area contributed by atoms with E-state index >= 15 is 0 Å². The van der Waals surface area contributed by atoms with Crippen LogP contribution in [0.25, 0.3) is 34.0 Å². The predicted molar refractivity (Wildman–Crippen MR) is 113 cm³/mol. The number of nitrogen functional groups attached to an aromatic ring is 2. The molecule has 30 heavy (non-hydrogen) atoms. The van der Waals surface area contributed by atoms with E-state index in [4.69, 9.17) is 11.5 Å². The van der Waals surface area contributed by atoms with Crippen LogP contribution in [0.15, 0.2) is 10.9 Å². The molecular weight excluding hydrogens is 389 g/mol. The second-order valence-corrected chi connectivity index (χ2v) is 9.22. The maximum atomic E-state index is 14.6. The first-order chi connectivity index (χ1) is 13.8. The van der Waals surface area contributed by atoms with Crippen molar-refractivity contribution in [1.29, 1.82) is 0 Å². The fraction of sp³-hybridized carbons (Fsp3) is 0.421. The third kappa shape index (κ3) is 2.88. The van der Waals surface area contributed by atoms with E-state index in [1.807, 2.05) is 41.5 Å². The minimum Gasteiger partial charge on any atom is -0.385 e. The van der Waals surface area contributed by atoms with Gasteiger partial charge in [-0.1, -0.05) is 0 Å². The van der Waals surface area contributed by atoms with E-state index in [2.05, 4.69) is 24.9 Å². The number of anilines is 2. The lowest BCUT2D eigenvalue weighted by Gasteiger charge is -2.24. The molecule has 4 aromatic heterocycles. The quantitative estimate of drug-likeness (QED) is 0.406. The van der Waals surface area contributed by atoms with Gasteiger partial charge in [-0.3, -0.25) is 9.36 Å². The topological polar surface area (TPSA) is 146 Å². The van der Waals surface area contributed by atoms with Gasteiger partial charge in [-0.2, -0.15) is 9.37 Å². The lowest BCUT2D eigenvalue weighted by molar-refractivity contribution is 0.335. The van der Waals surface area contributed by atoms with Crippen LogP contribution in [0.5, 0.6) is 0 Å². The molecule has 0 fully saturated rings. The zero-order valence-corrected chi connectivity index (χ0v) is 17.7. The fourth-order valence-electron chi connectivity index (χ4n) is 3.54. The van der Waals surface area contributed by atoms with Gasteiger partial charge in [0.05, 0.1) is 0 Å². The summed E-state index contributed by atoms with van der Waals surface area (Å²) in [5, 5.41) is 0. The number of hydrogen-bond acceptors (Lipinski definition) is 7. The Morgan fingerprint density at radius 3 is 2.17 bits per heavy atom. The molecule has 0 saturated heterocycles. The minimum atomic E-state index is -0.706. The Morgan fingerprint density at radius 1 is 0.933 bits per heavy atom. The summed E-state index contributed by atoms with van der Waals surface area (Å²) < 4.78 is 17.7. The molecule has 0 aliphatic rings. The number of nitrogens with one attached hydrogen (secondary N) is 1. The van der Waals surface area contributed by atoms with Crippen LogP contribution in [0.2, 0.25) is 0 Å². The van der Waals surface area contributed by atoms with Crippen molar-refractivity contribution < 1.29 is 4.39 Å². The molecule has 0 saturated carbocycles. The fourth-order valence-corrected chi connectivity index (χ4v) is 3.54. The first-order valence-corrected chi connectivity index (χ1v) is 9.43. The summed E-state index contributed by atoms with van der Waals surface area (Å²) >= 11 is 0. The van der Waals surface area contributed by atoms with Crippen LogP contribution in [-0.4, -0.2) is 34.1 Å². The number of nitrogens with zero attached hydrogens (tertiary/aromatic N) is 6. The van der Waals surface area contributed by atoms with E-state index in [1.54, 1.807) is 4.57 Å². The average molecular weight is 413 g/mol. The van der Waals surface area contributed by atoms with E-state index in [-0.39, 0.29) is 39.6 Å². The van der Waals surface area contributed by atoms with E-state index < -0.39 is 17.2 Å². The van der Waals surface area contributed by atoms with Gasteiger partial charge in [-0.25, -0.2) is 15.0 Å². The summed E-state index contributed by atoms with van der Waals surface area (Å²) in [4.78, 5) is 32.8. The number of halogens is 1. The van der Waals surface area contributed by atoms with Crippen LogP contribution < -0.4 is 16.9 Å². The van der Waals surface area contributed by atoms with Crippen molar-refractivity contribution in [2.24, 2.45) is 0 Å². The van der Waals surface area contributed by atoms with Crippen LogP contribution >= 0.6 is 0 Å². The molecule has 0 atom stereocenters. The highest BCUT2D eigenvalue weighted by Gasteiger charge is 2.29. The van der Waals surface area contributed by atoms with Crippen molar-refractivity contribution in [3.8, 4) is 11.6 Å². The predicted octanol–water partition coefficient (Wildman–Crippen LogP) is 2.34. The molecule has 158 valence electrons. The number of hydrogen-bond donors (Lipinski definition) is 3. The summed E-state index contributed by atoms with van der Waals surface area (Å²) in [5.41, 5.74) is 11.6. The van der Waals surface area contributed by atoms with Crippen LogP contribution in [-0.2, 0) is 11.1 Å². The standard InChI is InChI=1S/C19H24FN9O/c1-18(2,3)28-14-10(8(30)7-9(21)23-14)24-16(28)13-26-12(22)11-15(27-13)29(17(20)25-11)19(4,5)6/h7H,1-6H3,(H3,21,23,30)(H2,22,26,27). The number of rotatable bonds is 1. The summed E-state index contributed by atoms with van der Waals surface area (Å²) in [6, 6.07) is 1.27. The number of H-pyrrole nitrogens is 1. The average Bonchev–Trinajstić information content (AvgIpc) is 3.11. The Balaban J connectivity index is 2.13. The first-order valence-electron chi connectivity index (χ1n) is 9.43. The normalized spacial score (nSPS) is 12.9. The second kappa shape index (κ2) is 6.00. The molecular formula is C19H24FN9O. The molecule has 0 aliphatic carbocycles. The molecule has 0 aliphatic heterocycles. The lowest BCUT2D eigenvalue weighted by atomic mass is 10.1. The van der Waals surface area contributed by atoms with E-state index in [9.17, 15) is 9.18 Å². The maximum Gasteiger partial charge on any atom is 0.292 e. The van der Waals surface area contributed by atoms with Gasteiger partial charge >= 0.3 is 0 Å². The maximum absolute atomic E-state index is 14.6. The Bertz CT molecular complexity index is 1370. The van der Waals surface area contributed by atoms with Crippen LogP contribution in [0.1, 0.15) is 41.5 Å². The highest BCUT2D eigenvalue weighted by atomic mass is 19.1. The molecule has 0 amide bonds. The van der Waals surface area contributed by atoms with Gasteiger partial charge in [-0.15, -0.1) is 0 Å². The monoisotopic (exact) mass is 413 g/mol. The van der Waals surface area contributed by atoms with Gasteiger partial charge in [0.1, 0.15) is 11.5 Å². The number of fused-ring (bicyclic) bond motifs is 2. The van der Waals surface area contributed by atoms with Gasteiger partial charge in [0, 0.05) is 17.1 Å². The van der Waals surface area contributed by atoms with Crippen LogP contribution in [0.3, 0.4) is 0 Å². The second-order valence-electron chi connectivity index (χ2n) is 9.22. The van der Waals surface area contributed by atoms with Gasteiger partial charge in [0.15, 0.2) is 34.1 Å². The van der Waals surface area contributed by atoms with E-state index in [0.29, 0.717) is 11.5 Å². The molecule has 0 aromatic carbocycles. The van der Waals surface area contributed by atoms with Gasteiger partial charge in [0.2, 0.25) is 5.43 Å². The van der Waals surface area contributed by atoms with Gasteiger partial charge in [-0.05, 0) is 41.5 Å². The number of aromatic nitrogens is 7. The van der Waals surface area contributed by atoms with Crippen molar-refractivity contribution in [3.05, 3.63) is 22.4 Å². The largest absolute Gasteiger partial charge is 0.385 e. The van der Waals surface area contributed by atoms with Crippen LogP contribution in [0.4, 0.5) is 16.0 Å². The molecule has 0 bridgehead atoms. The Kier molecular flexibility index (Phi) is 3.96. The molecule has 5 N–H and O–H groups in total. The number of imidazole rings is 2. The number of aromatic amines is 1. The summed E-state index contributed by atoms with van der Waals surface area (Å²) in [6.07, 6.45) is -0.706. The number of nitrogens with two attached hydrogens (primary N) is 2. The zero-order valence-electron chi connectivity index (χ0n) is 17.7. The molecule has 4 aromatic rings. The van der Waals surface area contributed by atoms with Crippen molar-refractivity contribution in [3.63, 3.8) is 0 Å². The molecule has 0 radical (unpaired) electrons. The smallest absolute Gasteiger partial charge is 0.292 e. The molecule has 11 heteroatoms. The molecule has 0 unspecified atom stereocenters. The van der Waals surface area contributed by atoms with Crippen molar-refractivity contribution in [2.75, 3.05) is 11.5 Å². The Hall–Kier alpha value is -3.50. The third-order valence-electron chi connectivity index (χ3n) is 4.69. The SMILES string of the molecule is CC(C)(C)n1c(F)nc2c(N)nc(-c3nc4c(=O)cc(N)[nH]c4n3C(C)(C)C)nc21. The van der Waals surface area contributed by atoms with E-state index in [0.717, 1.165) is 0 Å². The Labute approximate surface area is 171 Å². The lowest BCUT2D eigenvalue weighted by Crippen LogP contribution is -2.25. The van der Waals surface area contributed by atoms with Crippen LogP contribution in [0, 0.1) is 6.08 Å². The Morgan fingerprint density at radius 2 is 1.57 bits per heavy atom. The highest BCUT2D eigenvalue weighted by molar-refractivity contribution is 5.85. The molecule has 0 spiro atoms. The van der Waals surface area contributed by atoms with E-state index in [1.165, 1.54) is 10.6 Å². The molecule has 4 rings (SSSR count). The van der Waals surface area contributed by atoms with Crippen molar-refractivity contribution >= 4 is 34.0 Å². The summed E-state index contributed by atoms with van der Waals surface area (Å²) in [7, 11) is 0. The van der Waals surface area contributed by atoms with Gasteiger partial charge < -0.3 is 21.0 Å². The van der Waals surface area contributed by atoms with Crippen molar-refractivity contribution in [1.82, 2.24) is 34.1 Å². The number of pyridine rings is 1. The summed E-state index contributed by atoms with van der Waals surface area (Å²) in [5.74, 6) is 0.707.